The number of rotatable bonds is 0. The van der Waals surface area contributed by atoms with Crippen LogP contribution in [-0.4, -0.2) is 15.2 Å². The molecule has 0 aliphatic rings. The predicted molar refractivity (Wildman–Crippen MR) is 45.3 cm³/mol. The molecule has 4 N–H and O–H groups in total. The van der Waals surface area contributed by atoms with Crippen LogP contribution in [-0.2, 0) is 0 Å². The fraction of sp³-hybridized carbons (Fsp3) is 0. The summed E-state index contributed by atoms with van der Waals surface area (Å²) >= 11 is 0.996. The molecular weight excluding hydrogens is 180 g/mol. The van der Waals surface area contributed by atoms with Crippen molar-refractivity contribution in [2.75, 3.05) is 5.73 Å². The molecule has 0 unspecified atom stereocenters. The second kappa shape index (κ2) is 2.18. The highest BCUT2D eigenvalue weighted by molar-refractivity contribution is 7.21. The summed E-state index contributed by atoms with van der Waals surface area (Å²) in [5.41, 5.74) is 4.62. The van der Waals surface area contributed by atoms with Crippen LogP contribution in [0.4, 0.5) is 5.13 Å². The van der Waals surface area contributed by atoms with Gasteiger partial charge in [-0.1, -0.05) is 11.3 Å². The zero-order chi connectivity index (χ0) is 8.72. The maximum atomic E-state index is 11.0. The van der Waals surface area contributed by atoms with Crippen LogP contribution in [0.25, 0.3) is 10.2 Å². The summed E-state index contributed by atoms with van der Waals surface area (Å²) in [6, 6.07) is 0. The molecule has 0 spiro atoms. The lowest BCUT2D eigenvalue weighted by molar-refractivity contribution is 0.975. The van der Waals surface area contributed by atoms with Gasteiger partial charge in [0.1, 0.15) is 4.70 Å². The van der Waals surface area contributed by atoms with E-state index in [0.717, 1.165) is 11.3 Å². The number of hydrogen-bond donors (Lipinski definition) is 3. The molecule has 62 valence electrons. The number of nitrogen functional groups attached to an aromatic ring is 1. The Hall–Kier alpha value is -1.63. The highest BCUT2D eigenvalue weighted by Crippen LogP contribution is 2.15. The van der Waals surface area contributed by atoms with Crippen molar-refractivity contribution >= 4 is 26.7 Å². The lowest BCUT2D eigenvalue weighted by atomic mass is 10.5. The van der Waals surface area contributed by atoms with Crippen molar-refractivity contribution < 1.29 is 0 Å². The second-order valence-electron chi connectivity index (χ2n) is 2.14. The van der Waals surface area contributed by atoms with Gasteiger partial charge in [-0.25, -0.2) is 4.98 Å². The molecule has 0 radical (unpaired) electrons. The van der Waals surface area contributed by atoms with Gasteiger partial charge in [0.05, 0.1) is 0 Å². The van der Waals surface area contributed by atoms with E-state index < -0.39 is 5.56 Å². The minimum Gasteiger partial charge on any atom is -0.375 e. The summed E-state index contributed by atoms with van der Waals surface area (Å²) in [4.78, 5) is 25.7. The van der Waals surface area contributed by atoms with Crippen molar-refractivity contribution in [3.8, 4) is 0 Å². The molecule has 0 atom stereocenters. The first kappa shape index (κ1) is 7.04. The van der Waals surface area contributed by atoms with E-state index in [1.54, 1.807) is 0 Å². The Labute approximate surface area is 69.0 Å². The summed E-state index contributed by atoms with van der Waals surface area (Å²) in [6.45, 7) is 0. The van der Waals surface area contributed by atoms with Gasteiger partial charge in [0.2, 0.25) is 0 Å². The number of aromatic nitrogens is 3. The van der Waals surface area contributed by atoms with Crippen LogP contribution in [0.15, 0.2) is 9.59 Å². The number of fused-ring (bicyclic) bond motifs is 1. The van der Waals surface area contributed by atoms with Gasteiger partial charge in [0.15, 0.2) is 10.6 Å². The zero-order valence-corrected chi connectivity index (χ0v) is 6.57. The number of aromatic amines is 2. The second-order valence-corrected chi connectivity index (χ2v) is 3.17. The molecule has 0 aliphatic carbocycles. The highest BCUT2D eigenvalue weighted by Gasteiger charge is 2.07. The third kappa shape index (κ3) is 0.832. The SMILES string of the molecule is Nc1nc2c(=O)[nH][nH]c(=O)c2s1. The van der Waals surface area contributed by atoms with Gasteiger partial charge in [0, 0.05) is 0 Å². The van der Waals surface area contributed by atoms with Crippen molar-refractivity contribution in [1.29, 1.82) is 0 Å². The molecule has 2 aromatic rings. The largest absolute Gasteiger partial charge is 0.375 e. The average Bonchev–Trinajstić information content (AvgIpc) is 2.41. The number of nitrogens with two attached hydrogens (primary N) is 1. The van der Waals surface area contributed by atoms with Gasteiger partial charge in [0.25, 0.3) is 11.1 Å². The van der Waals surface area contributed by atoms with E-state index >= 15 is 0 Å². The van der Waals surface area contributed by atoms with Crippen LogP contribution < -0.4 is 16.9 Å². The molecule has 0 aromatic carbocycles. The minimum atomic E-state index is -0.433. The molecule has 2 heterocycles. The third-order valence-electron chi connectivity index (χ3n) is 1.35. The Morgan fingerprint density at radius 1 is 1.25 bits per heavy atom. The first-order chi connectivity index (χ1) is 5.68. The Morgan fingerprint density at radius 3 is 2.58 bits per heavy atom. The topological polar surface area (TPSA) is 105 Å². The minimum absolute atomic E-state index is 0.0984. The smallest absolute Gasteiger partial charge is 0.290 e. The molecule has 6 nitrogen and oxygen atoms in total. The summed E-state index contributed by atoms with van der Waals surface area (Å²) in [5, 5.41) is 4.54. The molecule has 12 heavy (non-hydrogen) atoms. The van der Waals surface area contributed by atoms with Crippen LogP contribution >= 0.6 is 11.3 Å². The van der Waals surface area contributed by atoms with E-state index in [1.807, 2.05) is 0 Å². The van der Waals surface area contributed by atoms with E-state index in [2.05, 4.69) is 15.2 Å². The first-order valence-corrected chi connectivity index (χ1v) is 3.87. The molecule has 0 saturated carbocycles. The van der Waals surface area contributed by atoms with Crippen LogP contribution in [0.3, 0.4) is 0 Å². The van der Waals surface area contributed by atoms with Crippen LogP contribution in [0, 0.1) is 0 Å². The predicted octanol–water partition coefficient (Wildman–Crippen LogP) is -0.745. The molecule has 0 saturated heterocycles. The molecule has 0 fully saturated rings. The number of hydrogen-bond acceptors (Lipinski definition) is 5. The van der Waals surface area contributed by atoms with E-state index in [9.17, 15) is 9.59 Å². The summed E-state index contributed by atoms with van der Waals surface area (Å²) in [5.74, 6) is 0. The normalized spacial score (nSPS) is 10.7. The van der Waals surface area contributed by atoms with E-state index in [4.69, 9.17) is 5.73 Å². The Morgan fingerprint density at radius 2 is 1.92 bits per heavy atom. The quantitative estimate of drug-likeness (QED) is 0.501. The lowest BCUT2D eigenvalue weighted by Crippen LogP contribution is -2.17. The van der Waals surface area contributed by atoms with Gasteiger partial charge in [-0.2, -0.15) is 0 Å². The number of nitrogens with one attached hydrogen (secondary N) is 2. The molecule has 0 bridgehead atoms. The number of thiazole rings is 1. The lowest BCUT2D eigenvalue weighted by Gasteiger charge is -1.82. The Bertz CT molecular complexity index is 489. The molecule has 2 rings (SSSR count). The third-order valence-corrected chi connectivity index (χ3v) is 2.24. The average molecular weight is 184 g/mol. The van der Waals surface area contributed by atoms with E-state index in [0.29, 0.717) is 0 Å². The van der Waals surface area contributed by atoms with E-state index in [1.165, 1.54) is 0 Å². The Kier molecular flexibility index (Phi) is 1.28. The van der Waals surface area contributed by atoms with Gasteiger partial charge in [-0.05, 0) is 0 Å². The van der Waals surface area contributed by atoms with Crippen molar-refractivity contribution in [1.82, 2.24) is 15.2 Å². The molecule has 2 aromatic heterocycles. The number of H-pyrrole nitrogens is 2. The Balaban J connectivity index is 3.14. The molecular formula is C5H4N4O2S. The van der Waals surface area contributed by atoms with Crippen molar-refractivity contribution in [2.24, 2.45) is 0 Å². The maximum absolute atomic E-state index is 11.0. The van der Waals surface area contributed by atoms with Crippen molar-refractivity contribution in [2.45, 2.75) is 0 Å². The standard InChI is InChI=1S/C5H4N4O2S/c6-5-7-1-2(12-5)4(11)9-8-3(1)10/h(H2,6,7)(H,8,10)(H,9,11). The number of nitrogens with zero attached hydrogens (tertiary/aromatic N) is 1. The van der Waals surface area contributed by atoms with Gasteiger partial charge in [-0.15, -0.1) is 0 Å². The summed E-state index contributed by atoms with van der Waals surface area (Å²) < 4.78 is 0.260. The van der Waals surface area contributed by atoms with Crippen molar-refractivity contribution in [3.05, 3.63) is 20.7 Å². The van der Waals surface area contributed by atoms with Gasteiger partial charge < -0.3 is 5.73 Å². The maximum Gasteiger partial charge on any atom is 0.290 e. The van der Waals surface area contributed by atoms with Crippen molar-refractivity contribution in [3.63, 3.8) is 0 Å². The van der Waals surface area contributed by atoms with Gasteiger partial charge >= 0.3 is 0 Å². The monoisotopic (exact) mass is 184 g/mol. The van der Waals surface area contributed by atoms with Crippen LogP contribution in [0.1, 0.15) is 0 Å². The summed E-state index contributed by atoms with van der Waals surface area (Å²) in [6.07, 6.45) is 0. The molecule has 0 amide bonds. The zero-order valence-electron chi connectivity index (χ0n) is 5.75. The highest BCUT2D eigenvalue weighted by atomic mass is 32.1. The van der Waals surface area contributed by atoms with Crippen LogP contribution in [0.5, 0.6) is 0 Å². The fourth-order valence-electron chi connectivity index (χ4n) is 0.874. The van der Waals surface area contributed by atoms with Crippen LogP contribution in [0.2, 0.25) is 0 Å². The van der Waals surface area contributed by atoms with Gasteiger partial charge in [-0.3, -0.25) is 19.8 Å². The first-order valence-electron chi connectivity index (χ1n) is 3.05. The molecule has 7 heteroatoms. The molecule has 0 aliphatic heterocycles. The fourth-order valence-corrected chi connectivity index (χ4v) is 1.60. The van der Waals surface area contributed by atoms with E-state index in [-0.39, 0.29) is 20.9 Å². The number of anilines is 1. The summed E-state index contributed by atoms with van der Waals surface area (Å²) in [7, 11) is 0.